The van der Waals surface area contributed by atoms with E-state index in [9.17, 15) is 4.79 Å². The smallest absolute Gasteiger partial charge is 0.289 e. The van der Waals surface area contributed by atoms with Crippen LogP contribution < -0.4 is 5.73 Å². The van der Waals surface area contributed by atoms with Crippen LogP contribution in [0.4, 0.5) is 5.69 Å². The van der Waals surface area contributed by atoms with Crippen LogP contribution in [-0.2, 0) is 6.54 Å². The molecule has 2 heterocycles. The van der Waals surface area contributed by atoms with Crippen LogP contribution >= 0.6 is 15.9 Å². The highest BCUT2D eigenvalue weighted by molar-refractivity contribution is 9.10. The summed E-state index contributed by atoms with van der Waals surface area (Å²) >= 11 is 3.23. The van der Waals surface area contributed by atoms with Gasteiger partial charge in [0.1, 0.15) is 11.3 Å². The second-order valence-corrected chi connectivity index (χ2v) is 5.56. The molecule has 3 aromatic rings. The van der Waals surface area contributed by atoms with Gasteiger partial charge >= 0.3 is 0 Å². The number of halogens is 1. The number of amides is 1. The lowest BCUT2D eigenvalue weighted by molar-refractivity contribution is 0.0746. The van der Waals surface area contributed by atoms with Gasteiger partial charge in [-0.1, -0.05) is 0 Å². The lowest BCUT2D eigenvalue weighted by Gasteiger charge is -2.13. The van der Waals surface area contributed by atoms with E-state index < -0.39 is 0 Å². The lowest BCUT2D eigenvalue weighted by atomic mass is 10.2. The van der Waals surface area contributed by atoms with E-state index in [-0.39, 0.29) is 11.7 Å². The maximum Gasteiger partial charge on any atom is 0.289 e. The first-order valence-corrected chi connectivity index (χ1v) is 7.11. The Balaban J connectivity index is 1.82. The average molecular weight is 349 g/mol. The fraction of sp³-hybridized carbons (Fsp3) is 0.133. The van der Waals surface area contributed by atoms with Gasteiger partial charge in [-0.2, -0.15) is 0 Å². The van der Waals surface area contributed by atoms with Gasteiger partial charge in [0.2, 0.25) is 0 Å². The molecule has 2 aromatic heterocycles. The minimum atomic E-state index is -0.211. The second kappa shape index (κ2) is 5.29. The molecule has 0 atom stereocenters. The normalized spacial score (nSPS) is 11.0. The summed E-state index contributed by atoms with van der Waals surface area (Å²) in [5, 5.41) is 0.812. The largest absolute Gasteiger partial charge is 0.452 e. The molecule has 0 spiro atoms. The SMILES string of the molecule is CN(Cc1ccc(Br)o1)C(=O)c1cc2cc(N)ccc2o1. The molecule has 3 rings (SSSR count). The van der Waals surface area contributed by atoms with E-state index in [0.29, 0.717) is 28.2 Å². The molecule has 1 amide bonds. The quantitative estimate of drug-likeness (QED) is 0.733. The van der Waals surface area contributed by atoms with E-state index >= 15 is 0 Å². The van der Waals surface area contributed by atoms with Gasteiger partial charge < -0.3 is 19.5 Å². The highest BCUT2D eigenvalue weighted by Gasteiger charge is 2.18. The molecule has 0 radical (unpaired) electrons. The zero-order chi connectivity index (χ0) is 15.0. The van der Waals surface area contributed by atoms with Crippen LogP contribution in [0.15, 0.2) is 49.9 Å². The first-order chi connectivity index (χ1) is 10.0. The zero-order valence-electron chi connectivity index (χ0n) is 11.3. The molecule has 1 aromatic carbocycles. The van der Waals surface area contributed by atoms with E-state index in [1.807, 2.05) is 6.07 Å². The molecule has 6 heteroatoms. The molecular weight excluding hydrogens is 336 g/mol. The summed E-state index contributed by atoms with van der Waals surface area (Å²) in [6.45, 7) is 0.365. The summed E-state index contributed by atoms with van der Waals surface area (Å²) in [7, 11) is 1.69. The highest BCUT2D eigenvalue weighted by Crippen LogP contribution is 2.23. The second-order valence-electron chi connectivity index (χ2n) is 4.77. The van der Waals surface area contributed by atoms with Crippen molar-refractivity contribution < 1.29 is 13.6 Å². The molecule has 2 N–H and O–H groups in total. The van der Waals surface area contributed by atoms with Crippen LogP contribution in [0, 0.1) is 0 Å². The Morgan fingerprint density at radius 2 is 2.05 bits per heavy atom. The molecule has 0 aliphatic carbocycles. The van der Waals surface area contributed by atoms with Crippen molar-refractivity contribution in [2.24, 2.45) is 0 Å². The van der Waals surface area contributed by atoms with E-state index in [0.717, 1.165) is 5.39 Å². The van der Waals surface area contributed by atoms with Gasteiger partial charge in [-0.15, -0.1) is 0 Å². The van der Waals surface area contributed by atoms with Gasteiger partial charge in [-0.25, -0.2) is 0 Å². The van der Waals surface area contributed by atoms with Crippen molar-refractivity contribution in [3.05, 3.63) is 52.6 Å². The molecule has 0 saturated heterocycles. The molecule has 0 unspecified atom stereocenters. The van der Waals surface area contributed by atoms with Crippen LogP contribution in [0.5, 0.6) is 0 Å². The van der Waals surface area contributed by atoms with Gasteiger partial charge in [-0.3, -0.25) is 4.79 Å². The van der Waals surface area contributed by atoms with Crippen LogP contribution in [0.25, 0.3) is 11.0 Å². The van der Waals surface area contributed by atoms with Gasteiger partial charge in [0.15, 0.2) is 10.4 Å². The molecule has 0 aliphatic heterocycles. The minimum absolute atomic E-state index is 0.211. The maximum atomic E-state index is 12.4. The van der Waals surface area contributed by atoms with E-state index in [4.69, 9.17) is 14.6 Å². The number of hydrogen-bond acceptors (Lipinski definition) is 4. The third-order valence-electron chi connectivity index (χ3n) is 3.12. The molecule has 0 bridgehead atoms. The Bertz CT molecular complexity index is 806. The summed E-state index contributed by atoms with van der Waals surface area (Å²) in [5.74, 6) is 0.763. The summed E-state index contributed by atoms with van der Waals surface area (Å²) in [6, 6.07) is 10.6. The predicted octanol–water partition coefficient (Wildman–Crippen LogP) is 3.64. The monoisotopic (exact) mass is 348 g/mol. The van der Waals surface area contributed by atoms with E-state index in [1.165, 1.54) is 4.90 Å². The van der Waals surface area contributed by atoms with Crippen LogP contribution in [0.3, 0.4) is 0 Å². The predicted molar refractivity (Wildman–Crippen MR) is 82.8 cm³/mol. The van der Waals surface area contributed by atoms with Crippen molar-refractivity contribution in [2.75, 3.05) is 12.8 Å². The number of nitrogen functional groups attached to an aromatic ring is 1. The fourth-order valence-electron chi connectivity index (χ4n) is 2.10. The van der Waals surface area contributed by atoms with Crippen molar-refractivity contribution in [1.29, 1.82) is 0 Å². The Labute approximate surface area is 129 Å². The molecule has 0 fully saturated rings. The Hall–Kier alpha value is -2.21. The number of anilines is 1. The van der Waals surface area contributed by atoms with Gasteiger partial charge in [0, 0.05) is 18.1 Å². The van der Waals surface area contributed by atoms with E-state index in [1.54, 1.807) is 37.4 Å². The number of fused-ring (bicyclic) bond motifs is 1. The highest BCUT2D eigenvalue weighted by atomic mass is 79.9. The Morgan fingerprint density at radius 3 is 2.76 bits per heavy atom. The standard InChI is InChI=1S/C15H13BrN2O3/c1-18(8-11-3-5-14(16)20-11)15(19)13-7-9-6-10(17)2-4-12(9)21-13/h2-7H,8,17H2,1H3. The summed E-state index contributed by atoms with van der Waals surface area (Å²) in [5.41, 5.74) is 7.00. The number of furan rings is 2. The maximum absolute atomic E-state index is 12.4. The zero-order valence-corrected chi connectivity index (χ0v) is 12.9. The first kappa shape index (κ1) is 13.8. The summed E-state index contributed by atoms with van der Waals surface area (Å²) in [4.78, 5) is 13.9. The first-order valence-electron chi connectivity index (χ1n) is 6.31. The van der Waals surface area contributed by atoms with Crippen LogP contribution in [0.2, 0.25) is 0 Å². The average Bonchev–Trinajstić information content (AvgIpc) is 3.03. The topological polar surface area (TPSA) is 72.6 Å². The van der Waals surface area contributed by atoms with Crippen molar-refractivity contribution in [3.8, 4) is 0 Å². The summed E-state index contributed by atoms with van der Waals surface area (Å²) in [6.07, 6.45) is 0. The van der Waals surface area contributed by atoms with Crippen molar-refractivity contribution in [3.63, 3.8) is 0 Å². The third-order valence-corrected chi connectivity index (χ3v) is 3.55. The lowest BCUT2D eigenvalue weighted by Crippen LogP contribution is -2.25. The molecule has 5 nitrogen and oxygen atoms in total. The Kier molecular flexibility index (Phi) is 3.47. The third kappa shape index (κ3) is 2.80. The van der Waals surface area contributed by atoms with Crippen LogP contribution in [-0.4, -0.2) is 17.9 Å². The van der Waals surface area contributed by atoms with Gasteiger partial charge in [-0.05, 0) is 52.3 Å². The van der Waals surface area contributed by atoms with Crippen molar-refractivity contribution in [2.45, 2.75) is 6.54 Å². The van der Waals surface area contributed by atoms with E-state index in [2.05, 4.69) is 15.9 Å². The number of carbonyl (C=O) groups excluding carboxylic acids is 1. The van der Waals surface area contributed by atoms with Crippen molar-refractivity contribution in [1.82, 2.24) is 4.90 Å². The molecule has 108 valence electrons. The fourth-order valence-corrected chi connectivity index (χ4v) is 2.44. The molecule has 0 aliphatic rings. The van der Waals surface area contributed by atoms with Gasteiger partial charge in [0.05, 0.1) is 6.54 Å². The molecule has 0 saturated carbocycles. The number of nitrogens with zero attached hydrogens (tertiary/aromatic N) is 1. The molecule has 21 heavy (non-hydrogen) atoms. The summed E-state index contributed by atoms with van der Waals surface area (Å²) < 4.78 is 11.6. The number of carbonyl (C=O) groups is 1. The van der Waals surface area contributed by atoms with Crippen molar-refractivity contribution >= 4 is 38.5 Å². The minimum Gasteiger partial charge on any atom is -0.452 e. The van der Waals surface area contributed by atoms with Crippen LogP contribution in [0.1, 0.15) is 16.3 Å². The Morgan fingerprint density at radius 1 is 1.24 bits per heavy atom. The number of nitrogens with two attached hydrogens (primary N) is 1. The number of hydrogen-bond donors (Lipinski definition) is 1. The van der Waals surface area contributed by atoms with Gasteiger partial charge in [0.25, 0.3) is 5.91 Å². The number of rotatable bonds is 3. The molecular formula is C15H13BrN2O3. The number of benzene rings is 1.